The minimum atomic E-state index is 0.352. The fraction of sp³-hybridized carbons (Fsp3) is 0.933. The van der Waals surface area contributed by atoms with Crippen LogP contribution in [0.25, 0.3) is 0 Å². The molecule has 0 spiro atoms. The standard InChI is InChI=1S/C15H31NO/c1-6-9-10-11-12-15(17)16(13(4)7-2)14(5)8-3/h13-14H,6-12H2,1-5H3. The van der Waals surface area contributed by atoms with E-state index in [9.17, 15) is 4.79 Å². The Morgan fingerprint density at radius 3 is 1.88 bits per heavy atom. The van der Waals surface area contributed by atoms with Gasteiger partial charge in [0.25, 0.3) is 0 Å². The minimum Gasteiger partial charge on any atom is -0.337 e. The van der Waals surface area contributed by atoms with Gasteiger partial charge in [-0.3, -0.25) is 4.79 Å². The van der Waals surface area contributed by atoms with Crippen molar-refractivity contribution in [3.63, 3.8) is 0 Å². The molecule has 2 unspecified atom stereocenters. The summed E-state index contributed by atoms with van der Waals surface area (Å²) >= 11 is 0. The van der Waals surface area contributed by atoms with Gasteiger partial charge in [-0.1, -0.05) is 40.0 Å². The van der Waals surface area contributed by atoms with Crippen molar-refractivity contribution in [3.05, 3.63) is 0 Å². The molecule has 102 valence electrons. The lowest BCUT2D eigenvalue weighted by Gasteiger charge is -2.34. The van der Waals surface area contributed by atoms with Crippen LogP contribution >= 0.6 is 0 Å². The summed E-state index contributed by atoms with van der Waals surface area (Å²) in [4.78, 5) is 14.3. The number of carbonyl (C=O) groups excluding carboxylic acids is 1. The predicted molar refractivity (Wildman–Crippen MR) is 75.1 cm³/mol. The maximum atomic E-state index is 12.2. The molecular weight excluding hydrogens is 210 g/mol. The Labute approximate surface area is 108 Å². The van der Waals surface area contributed by atoms with Gasteiger partial charge >= 0.3 is 0 Å². The fourth-order valence-corrected chi connectivity index (χ4v) is 2.15. The lowest BCUT2D eigenvalue weighted by molar-refractivity contribution is -0.135. The number of amides is 1. The SMILES string of the molecule is CCCCCCC(=O)N(C(C)CC)C(C)CC. The summed E-state index contributed by atoms with van der Waals surface area (Å²) in [5.41, 5.74) is 0. The molecule has 0 saturated carbocycles. The Bertz CT molecular complexity index is 193. The largest absolute Gasteiger partial charge is 0.337 e. The van der Waals surface area contributed by atoms with Gasteiger partial charge in [0, 0.05) is 18.5 Å². The molecule has 0 rings (SSSR count). The number of carbonyl (C=O) groups is 1. The van der Waals surface area contributed by atoms with Crippen molar-refractivity contribution in [3.8, 4) is 0 Å². The predicted octanol–water partition coefficient (Wildman–Crippen LogP) is 4.38. The van der Waals surface area contributed by atoms with Crippen LogP contribution in [-0.4, -0.2) is 22.9 Å². The van der Waals surface area contributed by atoms with Crippen molar-refractivity contribution in [2.45, 2.75) is 91.6 Å². The smallest absolute Gasteiger partial charge is 0.223 e. The molecule has 2 nitrogen and oxygen atoms in total. The van der Waals surface area contributed by atoms with Gasteiger partial charge in [0.2, 0.25) is 5.91 Å². The zero-order chi connectivity index (χ0) is 13.3. The highest BCUT2D eigenvalue weighted by Gasteiger charge is 2.22. The lowest BCUT2D eigenvalue weighted by Crippen LogP contribution is -2.44. The van der Waals surface area contributed by atoms with E-state index in [2.05, 4.69) is 39.5 Å². The zero-order valence-electron chi connectivity index (χ0n) is 12.5. The van der Waals surface area contributed by atoms with Crippen molar-refractivity contribution >= 4 is 5.91 Å². The third-order valence-electron chi connectivity index (χ3n) is 3.66. The number of hydrogen-bond acceptors (Lipinski definition) is 1. The molecule has 0 aromatic carbocycles. The fourth-order valence-electron chi connectivity index (χ4n) is 2.15. The molecule has 0 bridgehead atoms. The molecule has 0 aromatic heterocycles. The molecule has 0 aliphatic rings. The van der Waals surface area contributed by atoms with E-state index in [-0.39, 0.29) is 0 Å². The summed E-state index contributed by atoms with van der Waals surface area (Å²) < 4.78 is 0. The van der Waals surface area contributed by atoms with Crippen LogP contribution in [0.1, 0.15) is 79.6 Å². The van der Waals surface area contributed by atoms with Crippen LogP contribution in [0.5, 0.6) is 0 Å². The van der Waals surface area contributed by atoms with E-state index >= 15 is 0 Å². The van der Waals surface area contributed by atoms with Gasteiger partial charge in [-0.2, -0.15) is 0 Å². The summed E-state index contributed by atoms with van der Waals surface area (Å²) in [7, 11) is 0. The summed E-state index contributed by atoms with van der Waals surface area (Å²) in [6.45, 7) is 10.8. The first kappa shape index (κ1) is 16.5. The second kappa shape index (κ2) is 9.49. The van der Waals surface area contributed by atoms with E-state index in [0.29, 0.717) is 18.0 Å². The average Bonchev–Trinajstić information content (AvgIpc) is 2.34. The summed E-state index contributed by atoms with van der Waals surface area (Å²) in [5, 5.41) is 0. The molecule has 0 heterocycles. The first-order valence-corrected chi connectivity index (χ1v) is 7.39. The zero-order valence-corrected chi connectivity index (χ0v) is 12.5. The molecule has 2 heteroatoms. The maximum absolute atomic E-state index is 12.2. The molecule has 0 N–H and O–H groups in total. The summed E-state index contributed by atoms with van der Waals surface area (Å²) in [6.07, 6.45) is 7.55. The van der Waals surface area contributed by atoms with E-state index in [1.165, 1.54) is 19.3 Å². The number of hydrogen-bond donors (Lipinski definition) is 0. The van der Waals surface area contributed by atoms with Crippen molar-refractivity contribution in [2.75, 3.05) is 0 Å². The second-order valence-corrected chi connectivity index (χ2v) is 5.13. The highest BCUT2D eigenvalue weighted by Crippen LogP contribution is 2.15. The Morgan fingerprint density at radius 2 is 1.47 bits per heavy atom. The lowest BCUT2D eigenvalue weighted by atomic mass is 10.1. The molecule has 0 fully saturated rings. The maximum Gasteiger partial charge on any atom is 0.223 e. The van der Waals surface area contributed by atoms with Gasteiger partial charge in [0.15, 0.2) is 0 Å². The van der Waals surface area contributed by atoms with Crippen molar-refractivity contribution in [2.24, 2.45) is 0 Å². The highest BCUT2D eigenvalue weighted by atomic mass is 16.2. The van der Waals surface area contributed by atoms with E-state index in [1.807, 2.05) is 0 Å². The number of nitrogens with zero attached hydrogens (tertiary/aromatic N) is 1. The van der Waals surface area contributed by atoms with Crippen LogP contribution in [-0.2, 0) is 4.79 Å². The average molecular weight is 241 g/mol. The molecule has 2 atom stereocenters. The van der Waals surface area contributed by atoms with Crippen LogP contribution < -0.4 is 0 Å². The molecule has 17 heavy (non-hydrogen) atoms. The van der Waals surface area contributed by atoms with E-state index in [4.69, 9.17) is 0 Å². The van der Waals surface area contributed by atoms with Gasteiger partial charge in [0.1, 0.15) is 0 Å². The first-order chi connectivity index (χ1) is 8.08. The Balaban J connectivity index is 4.23. The molecular formula is C15H31NO. The van der Waals surface area contributed by atoms with Gasteiger partial charge < -0.3 is 4.90 Å². The monoisotopic (exact) mass is 241 g/mol. The summed E-state index contributed by atoms with van der Waals surface area (Å²) in [5.74, 6) is 0.352. The van der Waals surface area contributed by atoms with Gasteiger partial charge in [-0.15, -0.1) is 0 Å². The van der Waals surface area contributed by atoms with Gasteiger partial charge in [0.05, 0.1) is 0 Å². The Hall–Kier alpha value is -0.530. The van der Waals surface area contributed by atoms with Gasteiger partial charge in [-0.05, 0) is 33.1 Å². The van der Waals surface area contributed by atoms with Crippen LogP contribution in [0.2, 0.25) is 0 Å². The van der Waals surface area contributed by atoms with Crippen LogP contribution in [0.4, 0.5) is 0 Å². The van der Waals surface area contributed by atoms with E-state index in [1.54, 1.807) is 0 Å². The summed E-state index contributed by atoms with van der Waals surface area (Å²) in [6, 6.07) is 0.757. The van der Waals surface area contributed by atoms with Crippen molar-refractivity contribution < 1.29 is 4.79 Å². The molecule has 0 aromatic rings. The van der Waals surface area contributed by atoms with Crippen molar-refractivity contribution in [1.29, 1.82) is 0 Å². The topological polar surface area (TPSA) is 20.3 Å². The molecule has 0 aliphatic heterocycles. The molecule has 1 amide bonds. The molecule has 0 radical (unpaired) electrons. The van der Waals surface area contributed by atoms with E-state index < -0.39 is 0 Å². The quantitative estimate of drug-likeness (QED) is 0.548. The second-order valence-electron chi connectivity index (χ2n) is 5.13. The van der Waals surface area contributed by atoms with Crippen molar-refractivity contribution in [1.82, 2.24) is 4.90 Å². The Kier molecular flexibility index (Phi) is 9.20. The molecule has 0 aliphatic carbocycles. The number of rotatable bonds is 9. The van der Waals surface area contributed by atoms with Crippen LogP contribution in [0.3, 0.4) is 0 Å². The highest BCUT2D eigenvalue weighted by molar-refractivity contribution is 5.76. The van der Waals surface area contributed by atoms with E-state index in [0.717, 1.165) is 25.7 Å². The molecule has 0 saturated heterocycles. The third kappa shape index (κ3) is 6.09. The van der Waals surface area contributed by atoms with Gasteiger partial charge in [-0.25, -0.2) is 0 Å². The minimum absolute atomic E-state index is 0.352. The Morgan fingerprint density at radius 1 is 0.941 bits per heavy atom. The van der Waals surface area contributed by atoms with Crippen LogP contribution in [0, 0.1) is 0 Å². The third-order valence-corrected chi connectivity index (χ3v) is 3.66. The number of unbranched alkanes of at least 4 members (excludes halogenated alkanes) is 3. The first-order valence-electron chi connectivity index (χ1n) is 7.39. The normalized spacial score (nSPS) is 14.4. The van der Waals surface area contributed by atoms with Crippen LogP contribution in [0.15, 0.2) is 0 Å².